The van der Waals surface area contributed by atoms with E-state index >= 15 is 0 Å². The summed E-state index contributed by atoms with van der Waals surface area (Å²) in [6.07, 6.45) is 0. The lowest BCUT2D eigenvalue weighted by Gasteiger charge is -2.07. The summed E-state index contributed by atoms with van der Waals surface area (Å²) in [5.41, 5.74) is 0.474. The lowest BCUT2D eigenvalue weighted by Crippen LogP contribution is -2.13. The average Bonchev–Trinajstić information content (AvgIpc) is 2.72. The molecule has 0 aliphatic rings. The van der Waals surface area contributed by atoms with Gasteiger partial charge in [0.05, 0.1) is 15.6 Å². The molecule has 2 rings (SSSR count). The molecular formula is C12H10Cl2N2O3S2. The number of nitrogens with zero attached hydrogens (tertiary/aromatic N) is 1. The fourth-order valence-electron chi connectivity index (χ4n) is 1.62. The molecule has 0 fully saturated rings. The topological polar surface area (TPSA) is 76.1 Å². The Labute approximate surface area is 136 Å². The van der Waals surface area contributed by atoms with Crippen molar-refractivity contribution in [3.05, 3.63) is 38.8 Å². The fourth-order valence-corrected chi connectivity index (χ4v) is 4.48. The molecule has 1 aromatic carbocycles. The highest BCUT2D eigenvalue weighted by atomic mass is 35.5. The molecule has 0 aliphatic carbocycles. The first-order valence-electron chi connectivity index (χ1n) is 5.67. The summed E-state index contributed by atoms with van der Waals surface area (Å²) in [5.74, 6) is -0.170. The SMILES string of the molecule is CC(=O)c1sc(NS(=O)(=O)c2cc(Cl)ccc2Cl)nc1C. The number of benzene rings is 1. The van der Waals surface area contributed by atoms with E-state index in [0.29, 0.717) is 10.6 Å². The molecule has 1 aromatic heterocycles. The van der Waals surface area contributed by atoms with Gasteiger partial charge in [0.15, 0.2) is 10.9 Å². The van der Waals surface area contributed by atoms with E-state index in [2.05, 4.69) is 9.71 Å². The second-order valence-corrected chi connectivity index (χ2v) is 7.66. The van der Waals surface area contributed by atoms with Crippen LogP contribution in [0, 0.1) is 6.92 Å². The van der Waals surface area contributed by atoms with Gasteiger partial charge in [0.2, 0.25) is 0 Å². The zero-order valence-electron chi connectivity index (χ0n) is 11.0. The van der Waals surface area contributed by atoms with Crippen molar-refractivity contribution >= 4 is 55.5 Å². The molecule has 9 heteroatoms. The van der Waals surface area contributed by atoms with Gasteiger partial charge in [-0.15, -0.1) is 0 Å². The maximum Gasteiger partial charge on any atom is 0.265 e. The highest BCUT2D eigenvalue weighted by Gasteiger charge is 2.21. The predicted octanol–water partition coefficient (Wildman–Crippen LogP) is 3.76. The molecule has 0 radical (unpaired) electrons. The smallest absolute Gasteiger partial charge is 0.265 e. The minimum Gasteiger partial charge on any atom is -0.294 e. The monoisotopic (exact) mass is 364 g/mol. The van der Waals surface area contributed by atoms with Crippen LogP contribution in [0.5, 0.6) is 0 Å². The summed E-state index contributed by atoms with van der Waals surface area (Å²) in [6, 6.07) is 4.13. The number of carbonyl (C=O) groups excluding carboxylic acids is 1. The number of hydrogen-bond donors (Lipinski definition) is 1. The van der Waals surface area contributed by atoms with Crippen LogP contribution in [0.4, 0.5) is 5.13 Å². The van der Waals surface area contributed by atoms with Crippen LogP contribution in [-0.2, 0) is 10.0 Å². The molecule has 0 saturated carbocycles. The van der Waals surface area contributed by atoms with Crippen LogP contribution < -0.4 is 4.72 Å². The molecule has 0 unspecified atom stereocenters. The first-order chi connectivity index (χ1) is 9.70. The van der Waals surface area contributed by atoms with E-state index < -0.39 is 10.0 Å². The third-order valence-corrected chi connectivity index (χ3v) is 5.88. The summed E-state index contributed by atoms with van der Waals surface area (Å²) in [6.45, 7) is 3.03. The van der Waals surface area contributed by atoms with Crippen molar-refractivity contribution in [1.82, 2.24) is 4.98 Å². The zero-order valence-corrected chi connectivity index (χ0v) is 14.1. The van der Waals surface area contributed by atoms with Crippen LogP contribution in [0.3, 0.4) is 0 Å². The number of hydrogen-bond acceptors (Lipinski definition) is 5. The molecule has 0 amide bonds. The molecular weight excluding hydrogens is 355 g/mol. The van der Waals surface area contributed by atoms with E-state index in [1.807, 2.05) is 0 Å². The normalized spacial score (nSPS) is 11.4. The van der Waals surface area contributed by atoms with Crippen molar-refractivity contribution in [3.8, 4) is 0 Å². The number of rotatable bonds is 4. The van der Waals surface area contributed by atoms with Crippen molar-refractivity contribution in [2.75, 3.05) is 4.72 Å². The Kier molecular flexibility index (Phi) is 4.57. The van der Waals surface area contributed by atoms with E-state index in [0.717, 1.165) is 11.3 Å². The molecule has 5 nitrogen and oxygen atoms in total. The van der Waals surface area contributed by atoms with Gasteiger partial charge < -0.3 is 0 Å². The summed E-state index contributed by atoms with van der Waals surface area (Å²) in [7, 11) is -3.93. The maximum absolute atomic E-state index is 12.3. The number of Topliss-reactive ketones (excluding diaryl/α,β-unsaturated/α-hetero) is 1. The number of thiazole rings is 1. The minimum atomic E-state index is -3.93. The first kappa shape index (κ1) is 16.2. The van der Waals surface area contributed by atoms with Gasteiger partial charge in [-0.2, -0.15) is 0 Å². The van der Waals surface area contributed by atoms with Crippen molar-refractivity contribution in [1.29, 1.82) is 0 Å². The molecule has 0 aliphatic heterocycles. The van der Waals surface area contributed by atoms with Gasteiger partial charge in [-0.25, -0.2) is 13.4 Å². The first-order valence-corrected chi connectivity index (χ1v) is 8.72. The number of nitrogens with one attached hydrogen (secondary N) is 1. The second kappa shape index (κ2) is 5.92. The average molecular weight is 365 g/mol. The summed E-state index contributed by atoms with van der Waals surface area (Å²) < 4.78 is 26.9. The van der Waals surface area contributed by atoms with Crippen molar-refractivity contribution in [2.45, 2.75) is 18.7 Å². The van der Waals surface area contributed by atoms with Crippen LogP contribution >= 0.6 is 34.5 Å². The Morgan fingerprint density at radius 3 is 2.57 bits per heavy atom. The van der Waals surface area contributed by atoms with Crippen LogP contribution in [0.15, 0.2) is 23.1 Å². The molecule has 0 spiro atoms. The molecule has 1 N–H and O–H groups in total. The van der Waals surface area contributed by atoms with E-state index in [1.54, 1.807) is 6.92 Å². The molecule has 112 valence electrons. The molecule has 0 atom stereocenters. The highest BCUT2D eigenvalue weighted by molar-refractivity contribution is 7.93. The third kappa shape index (κ3) is 3.55. The summed E-state index contributed by atoms with van der Waals surface area (Å²) in [5, 5.41) is 0.403. The summed E-state index contributed by atoms with van der Waals surface area (Å²) in [4.78, 5) is 15.7. The Hall–Kier alpha value is -1.15. The Morgan fingerprint density at radius 2 is 2.00 bits per heavy atom. The van der Waals surface area contributed by atoms with Gasteiger partial charge in [0.1, 0.15) is 4.90 Å². The molecule has 21 heavy (non-hydrogen) atoms. The van der Waals surface area contributed by atoms with Gasteiger partial charge in [0.25, 0.3) is 10.0 Å². The molecule has 0 bridgehead atoms. The van der Waals surface area contributed by atoms with E-state index in [-0.39, 0.29) is 25.9 Å². The van der Waals surface area contributed by atoms with Crippen molar-refractivity contribution in [3.63, 3.8) is 0 Å². The Balaban J connectivity index is 2.40. The standard InChI is InChI=1S/C12H10Cl2N2O3S2/c1-6-11(7(2)17)20-12(15-6)16-21(18,19)10-5-8(13)3-4-9(10)14/h3-5H,1-2H3,(H,15,16). The lowest BCUT2D eigenvalue weighted by molar-refractivity contribution is 0.102. The highest BCUT2D eigenvalue weighted by Crippen LogP contribution is 2.29. The zero-order chi connectivity index (χ0) is 15.8. The number of halogens is 2. The van der Waals surface area contributed by atoms with Gasteiger partial charge in [-0.3, -0.25) is 9.52 Å². The largest absolute Gasteiger partial charge is 0.294 e. The van der Waals surface area contributed by atoms with Gasteiger partial charge in [-0.1, -0.05) is 34.5 Å². The molecule has 0 saturated heterocycles. The molecule has 1 heterocycles. The Morgan fingerprint density at radius 1 is 1.33 bits per heavy atom. The van der Waals surface area contributed by atoms with Gasteiger partial charge in [0, 0.05) is 11.9 Å². The predicted molar refractivity (Wildman–Crippen MR) is 84.1 cm³/mol. The minimum absolute atomic E-state index is 0.0481. The number of aromatic nitrogens is 1. The second-order valence-electron chi connectivity index (χ2n) is 4.17. The van der Waals surface area contributed by atoms with Gasteiger partial charge in [-0.05, 0) is 25.1 Å². The Bertz CT molecular complexity index is 816. The van der Waals surface area contributed by atoms with Crippen molar-refractivity contribution in [2.24, 2.45) is 0 Å². The quantitative estimate of drug-likeness (QED) is 0.837. The summed E-state index contributed by atoms with van der Waals surface area (Å²) >= 11 is 12.6. The van der Waals surface area contributed by atoms with E-state index in [9.17, 15) is 13.2 Å². The number of carbonyl (C=O) groups is 1. The third-order valence-electron chi connectivity index (χ3n) is 2.52. The van der Waals surface area contributed by atoms with E-state index in [1.165, 1.54) is 25.1 Å². The van der Waals surface area contributed by atoms with Gasteiger partial charge >= 0.3 is 0 Å². The number of sulfonamides is 1. The van der Waals surface area contributed by atoms with Crippen LogP contribution in [0.2, 0.25) is 10.0 Å². The fraction of sp³-hybridized carbons (Fsp3) is 0.167. The van der Waals surface area contributed by atoms with Crippen LogP contribution in [-0.4, -0.2) is 19.2 Å². The maximum atomic E-state index is 12.3. The number of aryl methyl sites for hydroxylation is 1. The number of anilines is 1. The lowest BCUT2D eigenvalue weighted by atomic mass is 10.3. The van der Waals surface area contributed by atoms with Crippen LogP contribution in [0.25, 0.3) is 0 Å². The van der Waals surface area contributed by atoms with Crippen molar-refractivity contribution < 1.29 is 13.2 Å². The number of ketones is 1. The van der Waals surface area contributed by atoms with E-state index in [4.69, 9.17) is 23.2 Å². The molecule has 2 aromatic rings. The van der Waals surface area contributed by atoms with Crippen LogP contribution in [0.1, 0.15) is 22.3 Å².